The molecular formula is C16H9F3N4O3S2. The number of carbonyl (C=O) groups is 1. The maximum atomic E-state index is 13.7. The number of pyridine rings is 1. The molecule has 144 valence electrons. The second-order valence-corrected chi connectivity index (χ2v) is 7.66. The maximum absolute atomic E-state index is 13.7. The van der Waals surface area contributed by atoms with Gasteiger partial charge < -0.3 is 15.4 Å². The molecule has 0 aliphatic carbocycles. The molecule has 4 heterocycles. The van der Waals surface area contributed by atoms with Gasteiger partial charge in [-0.2, -0.15) is 13.2 Å². The molecule has 4 aromatic rings. The third kappa shape index (κ3) is 2.81. The molecule has 0 bridgehead atoms. The number of fused-ring (bicyclic) bond motifs is 1. The van der Waals surface area contributed by atoms with Crippen molar-refractivity contribution in [3.05, 3.63) is 39.7 Å². The van der Waals surface area contributed by atoms with Gasteiger partial charge in [-0.25, -0.2) is 4.98 Å². The SMILES string of the molecule is C[n+]1noc([O-])c1C(=O)c1sc2nc(-c3cccs3)cc(C(F)(F)F)c2c1N. The minimum atomic E-state index is -4.71. The van der Waals surface area contributed by atoms with Crippen molar-refractivity contribution < 1.29 is 32.3 Å². The number of aryl methyl sites for hydroxylation is 1. The maximum Gasteiger partial charge on any atom is 0.417 e. The van der Waals surface area contributed by atoms with E-state index in [1.165, 1.54) is 18.4 Å². The predicted octanol–water partition coefficient (Wildman–Crippen LogP) is 2.74. The summed E-state index contributed by atoms with van der Waals surface area (Å²) in [4.78, 5) is 17.2. The summed E-state index contributed by atoms with van der Waals surface area (Å²) < 4.78 is 46.4. The first-order valence-electron chi connectivity index (χ1n) is 7.60. The Labute approximate surface area is 162 Å². The van der Waals surface area contributed by atoms with Gasteiger partial charge in [0.1, 0.15) is 9.71 Å². The Balaban J connectivity index is 1.99. The van der Waals surface area contributed by atoms with Gasteiger partial charge >= 0.3 is 11.9 Å². The van der Waals surface area contributed by atoms with Crippen LogP contribution in [0.4, 0.5) is 18.9 Å². The number of rotatable bonds is 3. The molecule has 2 N–H and O–H groups in total. The minimum absolute atomic E-state index is 0.0503. The molecule has 0 atom stereocenters. The topological polar surface area (TPSA) is 109 Å². The quantitative estimate of drug-likeness (QED) is 0.399. The van der Waals surface area contributed by atoms with E-state index in [-0.39, 0.29) is 26.5 Å². The third-order valence-electron chi connectivity index (χ3n) is 3.96. The molecule has 0 aliphatic heterocycles. The van der Waals surface area contributed by atoms with Crippen LogP contribution in [0.5, 0.6) is 5.95 Å². The molecule has 0 aliphatic rings. The highest BCUT2D eigenvalue weighted by atomic mass is 32.1. The Morgan fingerprint density at radius 2 is 2.14 bits per heavy atom. The number of nitrogens with two attached hydrogens (primary N) is 1. The lowest BCUT2D eigenvalue weighted by Gasteiger charge is -2.10. The number of anilines is 1. The summed E-state index contributed by atoms with van der Waals surface area (Å²) in [6.45, 7) is 0. The fourth-order valence-electron chi connectivity index (χ4n) is 2.73. The van der Waals surface area contributed by atoms with Gasteiger partial charge in [0.15, 0.2) is 13.0 Å². The fourth-order valence-corrected chi connectivity index (χ4v) is 4.47. The molecule has 0 amide bonds. The van der Waals surface area contributed by atoms with E-state index >= 15 is 0 Å². The molecule has 0 saturated carbocycles. The second kappa shape index (κ2) is 6.27. The smallest absolute Gasteiger partial charge is 0.417 e. The molecule has 7 nitrogen and oxygen atoms in total. The Morgan fingerprint density at radius 1 is 1.39 bits per heavy atom. The van der Waals surface area contributed by atoms with Gasteiger partial charge in [0, 0.05) is 5.39 Å². The summed E-state index contributed by atoms with van der Waals surface area (Å²) in [5.74, 6) is -1.88. The van der Waals surface area contributed by atoms with Crippen molar-refractivity contribution in [1.82, 2.24) is 10.3 Å². The predicted molar refractivity (Wildman–Crippen MR) is 92.9 cm³/mol. The van der Waals surface area contributed by atoms with Gasteiger partial charge in [0.05, 0.1) is 27.1 Å². The molecule has 0 aromatic carbocycles. The molecule has 0 spiro atoms. The number of halogens is 3. The van der Waals surface area contributed by atoms with E-state index < -0.39 is 29.2 Å². The van der Waals surface area contributed by atoms with Crippen LogP contribution in [-0.2, 0) is 13.2 Å². The number of nitrogens with zero attached hydrogens (tertiary/aromatic N) is 3. The largest absolute Gasteiger partial charge is 0.539 e. The lowest BCUT2D eigenvalue weighted by atomic mass is 10.1. The summed E-state index contributed by atoms with van der Waals surface area (Å²) in [7, 11) is 1.30. The van der Waals surface area contributed by atoms with E-state index in [1.54, 1.807) is 17.5 Å². The highest BCUT2D eigenvalue weighted by Gasteiger charge is 2.37. The number of carbonyl (C=O) groups excluding carboxylic acids is 1. The number of aromatic nitrogens is 3. The third-order valence-corrected chi connectivity index (χ3v) is 5.95. The lowest BCUT2D eigenvalue weighted by molar-refractivity contribution is -0.741. The van der Waals surface area contributed by atoms with E-state index in [0.29, 0.717) is 16.2 Å². The molecule has 0 radical (unpaired) electrons. The Hall–Kier alpha value is -2.99. The van der Waals surface area contributed by atoms with Crippen molar-refractivity contribution in [2.45, 2.75) is 6.18 Å². The lowest BCUT2D eigenvalue weighted by Crippen LogP contribution is -2.37. The van der Waals surface area contributed by atoms with Crippen LogP contribution < -0.4 is 15.5 Å². The molecular weight excluding hydrogens is 417 g/mol. The van der Waals surface area contributed by atoms with Gasteiger partial charge in [-0.1, -0.05) is 10.7 Å². The first-order chi connectivity index (χ1) is 13.2. The average Bonchev–Trinajstić information content (AvgIpc) is 3.33. The molecule has 0 saturated heterocycles. The van der Waals surface area contributed by atoms with Crippen molar-refractivity contribution in [3.63, 3.8) is 0 Å². The van der Waals surface area contributed by atoms with E-state index in [9.17, 15) is 23.1 Å². The molecule has 0 unspecified atom stereocenters. The highest BCUT2D eigenvalue weighted by molar-refractivity contribution is 7.21. The Bertz CT molecular complexity index is 1190. The minimum Gasteiger partial charge on any atom is -0.539 e. The van der Waals surface area contributed by atoms with Gasteiger partial charge in [0.25, 0.3) is 5.78 Å². The standard InChI is InChI=1S/C16H9F3N4O3S2/c1-23-11(15(25)26-22-23)12(24)13-10(20)9-6(16(17,18)19)5-7(21-14(9)28-13)8-3-2-4-27-8/h2-5H,1H3,(H2-,20,22,24,25). The number of nitrogen functional groups attached to an aromatic ring is 1. The number of thiophene rings is 2. The van der Waals surface area contributed by atoms with Gasteiger partial charge in [-0.3, -0.25) is 4.79 Å². The summed E-state index contributed by atoms with van der Waals surface area (Å²) in [5, 5.41) is 16.4. The van der Waals surface area contributed by atoms with Crippen LogP contribution in [-0.4, -0.2) is 16.0 Å². The van der Waals surface area contributed by atoms with E-state index in [1.807, 2.05) is 0 Å². The van der Waals surface area contributed by atoms with Crippen LogP contribution in [0.1, 0.15) is 20.9 Å². The summed E-state index contributed by atoms with van der Waals surface area (Å²) in [5.41, 5.74) is 4.20. The summed E-state index contributed by atoms with van der Waals surface area (Å²) in [6, 6.07) is 4.24. The second-order valence-electron chi connectivity index (χ2n) is 5.72. The number of hydrogen-bond acceptors (Lipinski definition) is 8. The first-order valence-corrected chi connectivity index (χ1v) is 9.30. The van der Waals surface area contributed by atoms with Gasteiger partial charge in [-0.15, -0.1) is 22.7 Å². The summed E-state index contributed by atoms with van der Waals surface area (Å²) >= 11 is 1.92. The zero-order valence-electron chi connectivity index (χ0n) is 13.9. The molecule has 4 aromatic heterocycles. The van der Waals surface area contributed by atoms with Crippen LogP contribution in [0.2, 0.25) is 0 Å². The van der Waals surface area contributed by atoms with Crippen LogP contribution in [0, 0.1) is 0 Å². The monoisotopic (exact) mass is 426 g/mol. The van der Waals surface area contributed by atoms with Crippen molar-refractivity contribution >= 4 is 44.4 Å². The van der Waals surface area contributed by atoms with Crippen molar-refractivity contribution in [2.75, 3.05) is 5.73 Å². The van der Waals surface area contributed by atoms with Crippen LogP contribution in [0.25, 0.3) is 20.8 Å². The Kier molecular flexibility index (Phi) is 4.12. The number of alkyl halides is 3. The van der Waals surface area contributed by atoms with E-state index in [2.05, 4.69) is 14.8 Å². The van der Waals surface area contributed by atoms with Gasteiger partial charge in [0.2, 0.25) is 0 Å². The molecule has 4 rings (SSSR count). The Morgan fingerprint density at radius 3 is 2.71 bits per heavy atom. The average molecular weight is 426 g/mol. The van der Waals surface area contributed by atoms with Gasteiger partial charge in [-0.05, 0) is 17.5 Å². The number of ketones is 1. The zero-order chi connectivity index (χ0) is 20.2. The first kappa shape index (κ1) is 18.4. The van der Waals surface area contributed by atoms with Crippen LogP contribution >= 0.6 is 22.7 Å². The van der Waals surface area contributed by atoms with Crippen molar-refractivity contribution in [2.24, 2.45) is 7.05 Å². The summed E-state index contributed by atoms with van der Waals surface area (Å²) in [6.07, 6.45) is -4.71. The van der Waals surface area contributed by atoms with Crippen LogP contribution in [0.3, 0.4) is 0 Å². The molecule has 0 fully saturated rings. The highest BCUT2D eigenvalue weighted by Crippen LogP contribution is 2.44. The molecule has 12 heteroatoms. The zero-order valence-corrected chi connectivity index (χ0v) is 15.5. The van der Waals surface area contributed by atoms with E-state index in [4.69, 9.17) is 5.73 Å². The number of hydrogen-bond donors (Lipinski definition) is 1. The fraction of sp³-hybridized carbons (Fsp3) is 0.125. The van der Waals surface area contributed by atoms with E-state index in [0.717, 1.165) is 10.7 Å². The van der Waals surface area contributed by atoms with Crippen molar-refractivity contribution in [1.29, 1.82) is 0 Å². The molecule has 28 heavy (non-hydrogen) atoms. The normalized spacial score (nSPS) is 12.0. The van der Waals surface area contributed by atoms with Crippen molar-refractivity contribution in [3.8, 4) is 16.5 Å². The van der Waals surface area contributed by atoms with Crippen LogP contribution in [0.15, 0.2) is 28.1 Å².